The van der Waals surface area contributed by atoms with Crippen molar-refractivity contribution in [1.29, 1.82) is 0 Å². The van der Waals surface area contributed by atoms with Gasteiger partial charge in [-0.3, -0.25) is 9.78 Å². The van der Waals surface area contributed by atoms with Crippen LogP contribution in [0.4, 0.5) is 0 Å². The summed E-state index contributed by atoms with van der Waals surface area (Å²) in [6, 6.07) is 18.4. The fourth-order valence-corrected chi connectivity index (χ4v) is 5.25. The first-order valence-corrected chi connectivity index (χ1v) is 10.0. The lowest BCUT2D eigenvalue weighted by Gasteiger charge is -2.56. The minimum Gasteiger partial charge on any atom is -0.481 e. The van der Waals surface area contributed by atoms with Crippen LogP contribution < -0.4 is 5.32 Å². The molecule has 2 N–H and O–H groups in total. The van der Waals surface area contributed by atoms with Crippen molar-refractivity contribution in [2.24, 2.45) is 5.41 Å². The zero-order chi connectivity index (χ0) is 19.2. The maximum absolute atomic E-state index is 12.2. The molecule has 1 aromatic heterocycles. The van der Waals surface area contributed by atoms with Gasteiger partial charge in [-0.05, 0) is 73.0 Å². The lowest BCUT2D eigenvalue weighted by Crippen LogP contribution is -2.57. The number of hydrogen-bond donors (Lipinski definition) is 2. The molecule has 1 aliphatic heterocycles. The van der Waals surface area contributed by atoms with Crippen molar-refractivity contribution >= 4 is 16.9 Å². The van der Waals surface area contributed by atoms with Gasteiger partial charge in [-0.2, -0.15) is 0 Å². The third kappa shape index (κ3) is 2.71. The van der Waals surface area contributed by atoms with Crippen LogP contribution in [0.1, 0.15) is 31.2 Å². The van der Waals surface area contributed by atoms with Gasteiger partial charge >= 0.3 is 5.97 Å². The first-order valence-electron chi connectivity index (χ1n) is 10.0. The second-order valence-corrected chi connectivity index (χ2v) is 8.48. The number of benzene rings is 2. The number of aromatic nitrogens is 1. The molecular weight excluding hydrogens is 348 g/mol. The van der Waals surface area contributed by atoms with Crippen molar-refractivity contribution in [2.45, 2.75) is 31.1 Å². The topological polar surface area (TPSA) is 62.2 Å². The number of carbonyl (C=O) groups is 1. The first-order chi connectivity index (χ1) is 13.6. The molecule has 142 valence electrons. The van der Waals surface area contributed by atoms with Gasteiger partial charge in [0.05, 0.1) is 10.9 Å². The van der Waals surface area contributed by atoms with E-state index in [1.165, 1.54) is 0 Å². The van der Waals surface area contributed by atoms with Crippen LogP contribution >= 0.6 is 0 Å². The number of carboxylic acids is 1. The van der Waals surface area contributed by atoms with Crippen LogP contribution in [0, 0.1) is 5.41 Å². The second kappa shape index (κ2) is 6.42. The number of piperidine rings is 1. The highest BCUT2D eigenvalue weighted by Gasteiger charge is 2.59. The first kappa shape index (κ1) is 17.4. The second-order valence-electron chi connectivity index (χ2n) is 8.48. The molecule has 1 aliphatic carbocycles. The number of carboxylic acid groups (broad SMARTS) is 1. The summed E-state index contributed by atoms with van der Waals surface area (Å²) < 4.78 is 0. The molecule has 1 saturated heterocycles. The number of nitrogens with zero attached hydrogens (tertiary/aromatic N) is 1. The quantitative estimate of drug-likeness (QED) is 0.716. The Kier molecular flexibility index (Phi) is 3.98. The summed E-state index contributed by atoms with van der Waals surface area (Å²) in [5.41, 5.74) is 3.59. The van der Waals surface area contributed by atoms with Gasteiger partial charge in [0.1, 0.15) is 0 Å². The van der Waals surface area contributed by atoms with Crippen LogP contribution in [0.25, 0.3) is 22.0 Å². The molecule has 0 atom stereocenters. The van der Waals surface area contributed by atoms with Crippen LogP contribution in [0.5, 0.6) is 0 Å². The molecule has 0 radical (unpaired) electrons. The third-order valence-corrected chi connectivity index (χ3v) is 6.80. The zero-order valence-electron chi connectivity index (χ0n) is 15.8. The van der Waals surface area contributed by atoms with E-state index in [9.17, 15) is 9.90 Å². The summed E-state index contributed by atoms with van der Waals surface area (Å²) in [7, 11) is 0. The maximum Gasteiger partial charge on any atom is 0.314 e. The lowest BCUT2D eigenvalue weighted by molar-refractivity contribution is -0.156. The summed E-state index contributed by atoms with van der Waals surface area (Å²) in [6.45, 7) is 2.01. The Labute approximate surface area is 164 Å². The van der Waals surface area contributed by atoms with Crippen LogP contribution in [-0.2, 0) is 10.2 Å². The minimum atomic E-state index is -0.721. The molecule has 1 saturated carbocycles. The highest BCUT2D eigenvalue weighted by molar-refractivity contribution is 5.85. The van der Waals surface area contributed by atoms with Gasteiger partial charge in [-0.1, -0.05) is 42.5 Å². The predicted octanol–water partition coefficient (Wildman–Crippen LogP) is 4.39. The molecule has 2 fully saturated rings. The fourth-order valence-electron chi connectivity index (χ4n) is 5.25. The van der Waals surface area contributed by atoms with E-state index in [2.05, 4.69) is 46.7 Å². The number of pyridine rings is 1. The summed E-state index contributed by atoms with van der Waals surface area (Å²) in [6.07, 6.45) is 5.50. The average Bonchev–Trinajstić information content (AvgIpc) is 2.72. The molecule has 28 heavy (non-hydrogen) atoms. The van der Waals surface area contributed by atoms with Crippen LogP contribution in [0.15, 0.2) is 60.8 Å². The highest BCUT2D eigenvalue weighted by Crippen LogP contribution is 2.60. The van der Waals surface area contributed by atoms with Crippen LogP contribution in [-0.4, -0.2) is 29.1 Å². The minimum absolute atomic E-state index is 0.215. The molecule has 2 aliphatic rings. The van der Waals surface area contributed by atoms with E-state index in [0.29, 0.717) is 0 Å². The van der Waals surface area contributed by atoms with Gasteiger partial charge < -0.3 is 10.4 Å². The van der Waals surface area contributed by atoms with E-state index in [1.807, 2.05) is 18.2 Å². The Morgan fingerprint density at radius 2 is 1.68 bits per heavy atom. The van der Waals surface area contributed by atoms with Crippen molar-refractivity contribution in [3.8, 4) is 11.1 Å². The molecule has 4 nitrogen and oxygen atoms in total. The highest BCUT2D eigenvalue weighted by atomic mass is 16.4. The van der Waals surface area contributed by atoms with Gasteiger partial charge in [-0.15, -0.1) is 0 Å². The Morgan fingerprint density at radius 1 is 0.964 bits per heavy atom. The molecule has 5 rings (SSSR count). The van der Waals surface area contributed by atoms with Crippen molar-refractivity contribution in [3.05, 3.63) is 66.4 Å². The smallest absolute Gasteiger partial charge is 0.314 e. The summed E-state index contributed by atoms with van der Waals surface area (Å²) in [5.74, 6) is -0.681. The van der Waals surface area contributed by atoms with E-state index < -0.39 is 11.4 Å². The largest absolute Gasteiger partial charge is 0.481 e. The van der Waals surface area contributed by atoms with Crippen LogP contribution in [0.2, 0.25) is 0 Å². The van der Waals surface area contributed by atoms with Gasteiger partial charge in [0, 0.05) is 11.6 Å². The zero-order valence-corrected chi connectivity index (χ0v) is 15.8. The number of nitrogens with one attached hydrogen (secondary N) is 1. The molecule has 1 spiro atoms. The normalized spacial score (nSPS) is 20.0. The monoisotopic (exact) mass is 372 g/mol. The average molecular weight is 372 g/mol. The standard InChI is InChI=1S/C24H24N2O2/c27-22(28)24(15-23(16-24)9-12-25-13-10-23)20-7-5-17(6-8-20)19-4-3-18-2-1-11-26-21(18)14-19/h1-8,11,14,25H,9-10,12-13,15-16H2,(H,27,28). The molecule has 2 aromatic carbocycles. The number of rotatable bonds is 3. The molecule has 4 heteroatoms. The summed E-state index contributed by atoms with van der Waals surface area (Å²) in [4.78, 5) is 16.6. The van der Waals surface area contributed by atoms with Gasteiger partial charge in [0.25, 0.3) is 0 Å². The van der Waals surface area contributed by atoms with Gasteiger partial charge in [-0.25, -0.2) is 0 Å². The SMILES string of the molecule is O=C(O)C1(c2ccc(-c3ccc4cccnc4c3)cc2)CC2(CCNCC2)C1. The molecule has 3 aromatic rings. The predicted molar refractivity (Wildman–Crippen MR) is 110 cm³/mol. The third-order valence-electron chi connectivity index (χ3n) is 6.80. The Bertz CT molecular complexity index is 1030. The fraction of sp³-hybridized carbons (Fsp3) is 0.333. The van der Waals surface area contributed by atoms with Gasteiger partial charge in [0.15, 0.2) is 0 Å². The van der Waals surface area contributed by atoms with Gasteiger partial charge in [0.2, 0.25) is 0 Å². The van der Waals surface area contributed by atoms with E-state index >= 15 is 0 Å². The van der Waals surface area contributed by atoms with Crippen molar-refractivity contribution in [3.63, 3.8) is 0 Å². The van der Waals surface area contributed by atoms with Crippen molar-refractivity contribution in [1.82, 2.24) is 10.3 Å². The van der Waals surface area contributed by atoms with Crippen molar-refractivity contribution < 1.29 is 9.90 Å². The number of fused-ring (bicyclic) bond motifs is 1. The summed E-state index contributed by atoms with van der Waals surface area (Å²) >= 11 is 0. The Hall–Kier alpha value is -2.72. The molecule has 0 bridgehead atoms. The number of hydrogen-bond acceptors (Lipinski definition) is 3. The molecular formula is C24H24N2O2. The van der Waals surface area contributed by atoms with Crippen LogP contribution in [0.3, 0.4) is 0 Å². The van der Waals surface area contributed by atoms with E-state index in [4.69, 9.17) is 0 Å². The molecule has 0 unspecified atom stereocenters. The molecule has 2 heterocycles. The Morgan fingerprint density at radius 3 is 2.39 bits per heavy atom. The maximum atomic E-state index is 12.2. The molecule has 0 amide bonds. The lowest BCUT2D eigenvalue weighted by atomic mass is 9.48. The van der Waals surface area contributed by atoms with E-state index in [-0.39, 0.29) is 5.41 Å². The number of aliphatic carboxylic acids is 1. The van der Waals surface area contributed by atoms with Crippen molar-refractivity contribution in [2.75, 3.05) is 13.1 Å². The van der Waals surface area contributed by atoms with E-state index in [0.717, 1.165) is 66.4 Å². The summed E-state index contributed by atoms with van der Waals surface area (Å²) in [5, 5.41) is 14.5. The Balaban J connectivity index is 1.44. The van der Waals surface area contributed by atoms with E-state index in [1.54, 1.807) is 6.20 Å².